The Balaban J connectivity index is 1.51. The molecule has 3 N–H and O–H groups in total. The number of aromatic nitrogens is 1. The van der Waals surface area contributed by atoms with Gasteiger partial charge in [0.25, 0.3) is 0 Å². The van der Waals surface area contributed by atoms with Crippen molar-refractivity contribution in [2.45, 2.75) is 38.8 Å². The predicted molar refractivity (Wildman–Crippen MR) is 88.0 cm³/mol. The van der Waals surface area contributed by atoms with Gasteiger partial charge in [0.2, 0.25) is 5.89 Å². The SMILES string of the molecule is CC1(CO)CCCC1NC(=O)NCc1coc(-c2cccs2)n1. The van der Waals surface area contributed by atoms with E-state index in [9.17, 15) is 9.90 Å². The zero-order chi connectivity index (χ0) is 16.3. The van der Waals surface area contributed by atoms with Gasteiger partial charge >= 0.3 is 6.03 Å². The number of nitrogens with zero attached hydrogens (tertiary/aromatic N) is 1. The normalized spacial score (nSPS) is 23.8. The molecule has 2 amide bonds. The fourth-order valence-corrected chi connectivity index (χ4v) is 3.61. The molecule has 6 nitrogen and oxygen atoms in total. The van der Waals surface area contributed by atoms with Gasteiger partial charge in [0.15, 0.2) is 0 Å². The van der Waals surface area contributed by atoms with Crippen molar-refractivity contribution in [3.8, 4) is 10.8 Å². The average molecular weight is 335 g/mol. The van der Waals surface area contributed by atoms with Gasteiger partial charge in [0.1, 0.15) is 6.26 Å². The van der Waals surface area contributed by atoms with Gasteiger partial charge in [-0.15, -0.1) is 11.3 Å². The number of hydrogen-bond acceptors (Lipinski definition) is 5. The molecule has 7 heteroatoms. The number of urea groups is 1. The third kappa shape index (κ3) is 3.56. The summed E-state index contributed by atoms with van der Waals surface area (Å²) in [5, 5.41) is 17.2. The Morgan fingerprint density at radius 3 is 3.22 bits per heavy atom. The van der Waals surface area contributed by atoms with E-state index in [1.807, 2.05) is 24.4 Å². The topological polar surface area (TPSA) is 87.4 Å². The van der Waals surface area contributed by atoms with Crippen molar-refractivity contribution in [2.75, 3.05) is 6.61 Å². The summed E-state index contributed by atoms with van der Waals surface area (Å²) in [6.07, 6.45) is 4.41. The molecule has 2 aromatic rings. The lowest BCUT2D eigenvalue weighted by Gasteiger charge is -2.30. The third-order valence-electron chi connectivity index (χ3n) is 4.46. The fourth-order valence-electron chi connectivity index (χ4n) is 2.95. The molecule has 1 saturated carbocycles. The monoisotopic (exact) mass is 335 g/mol. The summed E-state index contributed by atoms with van der Waals surface area (Å²) in [6, 6.07) is 3.65. The van der Waals surface area contributed by atoms with Gasteiger partial charge in [-0.2, -0.15) is 0 Å². The number of aliphatic hydroxyl groups excluding tert-OH is 1. The second kappa shape index (κ2) is 6.72. The van der Waals surface area contributed by atoms with E-state index in [-0.39, 0.29) is 24.1 Å². The first-order valence-corrected chi connectivity index (χ1v) is 8.62. The summed E-state index contributed by atoms with van der Waals surface area (Å²) in [5.41, 5.74) is 0.456. The van der Waals surface area contributed by atoms with E-state index >= 15 is 0 Å². The number of carbonyl (C=O) groups excluding carboxylic acids is 1. The summed E-state index contributed by atoms with van der Waals surface area (Å²) in [4.78, 5) is 17.4. The minimum absolute atomic E-state index is 0.00601. The number of rotatable bonds is 5. The van der Waals surface area contributed by atoms with E-state index in [0.717, 1.165) is 24.1 Å². The van der Waals surface area contributed by atoms with Crippen molar-refractivity contribution in [1.29, 1.82) is 0 Å². The molecule has 0 saturated heterocycles. The van der Waals surface area contributed by atoms with Gasteiger partial charge in [0, 0.05) is 11.5 Å². The molecule has 1 aliphatic rings. The van der Waals surface area contributed by atoms with Crippen LogP contribution < -0.4 is 10.6 Å². The number of oxazole rings is 1. The number of nitrogens with one attached hydrogen (secondary N) is 2. The molecule has 3 rings (SSSR count). The van der Waals surface area contributed by atoms with Crippen LogP contribution in [0.15, 0.2) is 28.2 Å². The predicted octanol–water partition coefficient (Wildman–Crippen LogP) is 2.75. The minimum atomic E-state index is -0.239. The van der Waals surface area contributed by atoms with Gasteiger partial charge in [-0.05, 0) is 24.3 Å². The molecule has 124 valence electrons. The van der Waals surface area contributed by atoms with E-state index < -0.39 is 0 Å². The Bertz CT molecular complexity index is 655. The van der Waals surface area contributed by atoms with Crippen LogP contribution in [0.25, 0.3) is 10.8 Å². The first-order valence-electron chi connectivity index (χ1n) is 7.74. The maximum atomic E-state index is 12.1. The average Bonchev–Trinajstić information content (AvgIpc) is 3.26. The largest absolute Gasteiger partial charge is 0.443 e. The smallest absolute Gasteiger partial charge is 0.315 e. The van der Waals surface area contributed by atoms with Crippen LogP contribution in [0.5, 0.6) is 0 Å². The van der Waals surface area contributed by atoms with Gasteiger partial charge in [-0.1, -0.05) is 19.4 Å². The molecular formula is C16H21N3O3S. The number of carbonyl (C=O) groups is 1. The van der Waals surface area contributed by atoms with E-state index in [2.05, 4.69) is 15.6 Å². The Morgan fingerprint density at radius 1 is 1.61 bits per heavy atom. The second-order valence-corrected chi connectivity index (χ2v) is 7.15. The quantitative estimate of drug-likeness (QED) is 0.784. The standard InChI is InChI=1S/C16H21N3O3S/c1-16(10-20)6-2-5-13(16)19-15(21)17-8-11-9-22-14(18-11)12-4-3-7-23-12/h3-4,7,9,13,20H,2,5-6,8,10H2,1H3,(H2,17,19,21). The highest BCUT2D eigenvalue weighted by molar-refractivity contribution is 7.13. The van der Waals surface area contributed by atoms with Crippen molar-refractivity contribution < 1.29 is 14.3 Å². The summed E-state index contributed by atoms with van der Waals surface area (Å²) >= 11 is 1.56. The minimum Gasteiger partial charge on any atom is -0.443 e. The van der Waals surface area contributed by atoms with E-state index in [1.54, 1.807) is 17.6 Å². The van der Waals surface area contributed by atoms with Crippen LogP contribution in [-0.4, -0.2) is 28.8 Å². The number of amides is 2. The lowest BCUT2D eigenvalue weighted by molar-refractivity contribution is 0.121. The molecule has 0 radical (unpaired) electrons. The van der Waals surface area contributed by atoms with E-state index in [0.29, 0.717) is 18.1 Å². The lowest BCUT2D eigenvalue weighted by atomic mass is 9.86. The summed E-state index contributed by atoms with van der Waals surface area (Å²) in [6.45, 7) is 2.41. The first kappa shape index (κ1) is 16.0. The lowest BCUT2D eigenvalue weighted by Crippen LogP contribution is -2.48. The molecule has 2 atom stereocenters. The van der Waals surface area contributed by atoms with Crippen LogP contribution in [0, 0.1) is 5.41 Å². The maximum Gasteiger partial charge on any atom is 0.315 e. The Labute approximate surface area is 138 Å². The van der Waals surface area contributed by atoms with Crippen LogP contribution in [-0.2, 0) is 6.54 Å². The van der Waals surface area contributed by atoms with Crippen LogP contribution in [0.2, 0.25) is 0 Å². The fraction of sp³-hybridized carbons (Fsp3) is 0.500. The number of hydrogen-bond donors (Lipinski definition) is 3. The Morgan fingerprint density at radius 2 is 2.48 bits per heavy atom. The molecule has 0 bridgehead atoms. The Kier molecular flexibility index (Phi) is 4.68. The van der Waals surface area contributed by atoms with E-state index in [1.165, 1.54) is 0 Å². The molecule has 1 aliphatic carbocycles. The summed E-state index contributed by atoms with van der Waals surface area (Å²) < 4.78 is 5.42. The van der Waals surface area contributed by atoms with Crippen LogP contribution in [0.1, 0.15) is 31.9 Å². The highest BCUT2D eigenvalue weighted by Crippen LogP contribution is 2.37. The molecular weight excluding hydrogens is 314 g/mol. The molecule has 2 heterocycles. The molecule has 23 heavy (non-hydrogen) atoms. The zero-order valence-corrected chi connectivity index (χ0v) is 13.9. The Hall–Kier alpha value is -1.86. The van der Waals surface area contributed by atoms with Crippen molar-refractivity contribution in [3.63, 3.8) is 0 Å². The number of thiophene rings is 1. The van der Waals surface area contributed by atoms with Gasteiger partial charge in [0.05, 0.1) is 23.7 Å². The maximum absolute atomic E-state index is 12.1. The van der Waals surface area contributed by atoms with Gasteiger partial charge in [-0.25, -0.2) is 9.78 Å². The summed E-state index contributed by atoms with van der Waals surface area (Å²) in [5.74, 6) is 0.570. The van der Waals surface area contributed by atoms with Crippen LogP contribution in [0.3, 0.4) is 0 Å². The van der Waals surface area contributed by atoms with Crippen molar-refractivity contribution >= 4 is 17.4 Å². The molecule has 2 unspecified atom stereocenters. The highest BCUT2D eigenvalue weighted by Gasteiger charge is 2.39. The highest BCUT2D eigenvalue weighted by atomic mass is 32.1. The molecule has 1 fully saturated rings. The van der Waals surface area contributed by atoms with Crippen LogP contribution >= 0.6 is 11.3 Å². The molecule has 0 spiro atoms. The van der Waals surface area contributed by atoms with Crippen LogP contribution in [0.4, 0.5) is 4.79 Å². The molecule has 2 aromatic heterocycles. The molecule has 0 aromatic carbocycles. The second-order valence-electron chi connectivity index (χ2n) is 6.21. The molecule has 0 aliphatic heterocycles. The van der Waals surface area contributed by atoms with Crippen molar-refractivity contribution in [2.24, 2.45) is 5.41 Å². The van der Waals surface area contributed by atoms with Gasteiger partial charge < -0.3 is 20.2 Å². The van der Waals surface area contributed by atoms with Gasteiger partial charge in [-0.3, -0.25) is 0 Å². The van der Waals surface area contributed by atoms with Crippen molar-refractivity contribution in [1.82, 2.24) is 15.6 Å². The number of aliphatic hydroxyl groups is 1. The van der Waals surface area contributed by atoms with Crippen molar-refractivity contribution in [3.05, 3.63) is 29.5 Å². The first-order chi connectivity index (χ1) is 11.1. The van der Waals surface area contributed by atoms with E-state index in [4.69, 9.17) is 4.42 Å². The summed E-state index contributed by atoms with van der Waals surface area (Å²) in [7, 11) is 0. The zero-order valence-electron chi connectivity index (χ0n) is 13.0. The third-order valence-corrected chi connectivity index (χ3v) is 5.32.